The van der Waals surface area contributed by atoms with Gasteiger partial charge >= 0.3 is 0 Å². The van der Waals surface area contributed by atoms with Gasteiger partial charge in [0, 0.05) is 45.1 Å². The van der Waals surface area contributed by atoms with E-state index in [9.17, 15) is 0 Å². The second-order valence-electron chi connectivity index (χ2n) is 8.64. The number of guanidine groups is 1. The Morgan fingerprint density at radius 3 is 2.78 bits per heavy atom. The van der Waals surface area contributed by atoms with Gasteiger partial charge in [-0.05, 0) is 44.7 Å². The van der Waals surface area contributed by atoms with Crippen molar-refractivity contribution in [1.82, 2.24) is 30.3 Å². The van der Waals surface area contributed by atoms with E-state index in [1.54, 1.807) is 0 Å². The number of fused-ring (bicyclic) bond motifs is 1. The van der Waals surface area contributed by atoms with Crippen molar-refractivity contribution in [3.63, 3.8) is 0 Å². The fraction of sp³-hybridized carbons (Fsp3) is 0.625. The minimum Gasteiger partial charge on any atom is -0.357 e. The SMILES string of the molecule is CCNC(=NCC1CCCN1Cc1ccccc1)NCCc1nnc2n1CCCCC2.I. The van der Waals surface area contributed by atoms with E-state index in [-0.39, 0.29) is 24.0 Å². The molecule has 0 amide bonds. The number of rotatable bonds is 8. The second-order valence-corrected chi connectivity index (χ2v) is 8.64. The van der Waals surface area contributed by atoms with Gasteiger partial charge < -0.3 is 15.2 Å². The third-order valence-corrected chi connectivity index (χ3v) is 6.36. The molecule has 2 aromatic rings. The first-order valence-electron chi connectivity index (χ1n) is 12.0. The normalized spacial score (nSPS) is 19.2. The minimum atomic E-state index is 0. The van der Waals surface area contributed by atoms with E-state index in [1.165, 1.54) is 37.7 Å². The Bertz CT molecular complexity index is 836. The molecule has 1 aromatic carbocycles. The van der Waals surface area contributed by atoms with Crippen LogP contribution in [0.5, 0.6) is 0 Å². The minimum absolute atomic E-state index is 0. The van der Waals surface area contributed by atoms with Crippen LogP contribution in [0.1, 0.15) is 56.2 Å². The van der Waals surface area contributed by atoms with Gasteiger partial charge in [0.05, 0.1) is 6.54 Å². The van der Waals surface area contributed by atoms with Gasteiger partial charge in [0.25, 0.3) is 0 Å². The number of nitrogens with zero attached hydrogens (tertiary/aromatic N) is 5. The zero-order chi connectivity index (χ0) is 21.3. The summed E-state index contributed by atoms with van der Waals surface area (Å²) < 4.78 is 2.33. The van der Waals surface area contributed by atoms with Gasteiger partial charge in [0.15, 0.2) is 5.96 Å². The summed E-state index contributed by atoms with van der Waals surface area (Å²) in [5.41, 5.74) is 1.39. The summed E-state index contributed by atoms with van der Waals surface area (Å²) in [6.07, 6.45) is 8.18. The molecule has 8 heteroatoms. The molecule has 1 unspecified atom stereocenters. The molecule has 4 rings (SSSR count). The van der Waals surface area contributed by atoms with Crippen LogP contribution in [-0.2, 0) is 25.9 Å². The van der Waals surface area contributed by atoms with E-state index in [1.807, 2.05) is 0 Å². The summed E-state index contributed by atoms with van der Waals surface area (Å²) in [6, 6.07) is 11.3. The lowest BCUT2D eigenvalue weighted by Gasteiger charge is -2.23. The van der Waals surface area contributed by atoms with Gasteiger partial charge in [-0.25, -0.2) is 0 Å². The van der Waals surface area contributed by atoms with E-state index in [0.717, 1.165) is 69.7 Å². The van der Waals surface area contributed by atoms with Gasteiger partial charge in [0.1, 0.15) is 11.6 Å². The quantitative estimate of drug-likeness (QED) is 0.299. The summed E-state index contributed by atoms with van der Waals surface area (Å²) in [5.74, 6) is 3.17. The number of aliphatic imine (C=N–C) groups is 1. The van der Waals surface area contributed by atoms with E-state index in [4.69, 9.17) is 4.99 Å². The number of nitrogens with one attached hydrogen (secondary N) is 2. The van der Waals surface area contributed by atoms with Crippen LogP contribution in [0.3, 0.4) is 0 Å². The standard InChI is InChI=1S/C24H37N7.HI/c1-2-25-24(26-15-14-23-29-28-22-13-7-4-8-17-31(22)23)27-18-21-12-9-16-30(21)19-20-10-5-3-6-11-20;/h3,5-6,10-11,21H,2,4,7-9,12-19H2,1H3,(H2,25,26,27);1H. The van der Waals surface area contributed by atoms with Crippen molar-refractivity contribution in [2.75, 3.05) is 26.2 Å². The van der Waals surface area contributed by atoms with Crippen molar-refractivity contribution in [2.45, 2.75) is 71.0 Å². The summed E-state index contributed by atoms with van der Waals surface area (Å²) in [6.45, 7) is 7.88. The van der Waals surface area contributed by atoms with E-state index < -0.39 is 0 Å². The molecule has 32 heavy (non-hydrogen) atoms. The van der Waals surface area contributed by atoms with Crippen LogP contribution in [0.2, 0.25) is 0 Å². The predicted molar refractivity (Wildman–Crippen MR) is 141 cm³/mol. The van der Waals surface area contributed by atoms with Crippen LogP contribution in [0.4, 0.5) is 0 Å². The van der Waals surface area contributed by atoms with Gasteiger partial charge in [0.2, 0.25) is 0 Å². The number of hydrogen-bond donors (Lipinski definition) is 2. The van der Waals surface area contributed by atoms with Crippen molar-refractivity contribution < 1.29 is 0 Å². The summed E-state index contributed by atoms with van der Waals surface area (Å²) in [7, 11) is 0. The molecule has 3 heterocycles. The molecule has 2 aliphatic heterocycles. The Hall–Kier alpha value is -1.68. The van der Waals surface area contributed by atoms with Crippen molar-refractivity contribution in [1.29, 1.82) is 0 Å². The Morgan fingerprint density at radius 2 is 1.94 bits per heavy atom. The molecule has 1 saturated heterocycles. The third-order valence-electron chi connectivity index (χ3n) is 6.36. The van der Waals surface area contributed by atoms with Crippen LogP contribution < -0.4 is 10.6 Å². The molecule has 1 fully saturated rings. The van der Waals surface area contributed by atoms with Crippen molar-refractivity contribution in [3.8, 4) is 0 Å². The fourth-order valence-corrected chi connectivity index (χ4v) is 4.69. The number of aromatic nitrogens is 3. The summed E-state index contributed by atoms with van der Waals surface area (Å²) in [4.78, 5) is 7.50. The van der Waals surface area contributed by atoms with Crippen LogP contribution in [-0.4, -0.2) is 57.8 Å². The molecular weight excluding hydrogens is 513 g/mol. The largest absolute Gasteiger partial charge is 0.357 e. The third kappa shape index (κ3) is 6.91. The maximum absolute atomic E-state index is 4.92. The molecule has 1 aromatic heterocycles. The van der Waals surface area contributed by atoms with Gasteiger partial charge in [-0.1, -0.05) is 36.8 Å². The molecule has 0 radical (unpaired) electrons. The monoisotopic (exact) mass is 551 g/mol. The predicted octanol–water partition coefficient (Wildman–Crippen LogP) is 3.38. The molecule has 1 atom stereocenters. The smallest absolute Gasteiger partial charge is 0.191 e. The van der Waals surface area contributed by atoms with E-state index in [2.05, 4.69) is 67.6 Å². The Kier molecular flexibility index (Phi) is 10.2. The molecular formula is C24H38IN7. The van der Waals surface area contributed by atoms with E-state index >= 15 is 0 Å². The molecule has 0 saturated carbocycles. The number of likely N-dealkylation sites (tertiary alicyclic amines) is 1. The highest BCUT2D eigenvalue weighted by Crippen LogP contribution is 2.20. The van der Waals surface area contributed by atoms with E-state index in [0.29, 0.717) is 6.04 Å². The molecule has 2 N–H and O–H groups in total. The lowest BCUT2D eigenvalue weighted by Crippen LogP contribution is -2.40. The second kappa shape index (κ2) is 13.1. The average molecular weight is 552 g/mol. The first-order valence-corrected chi connectivity index (χ1v) is 12.0. The highest BCUT2D eigenvalue weighted by atomic mass is 127. The maximum Gasteiger partial charge on any atom is 0.191 e. The molecule has 176 valence electrons. The topological polar surface area (TPSA) is 70.4 Å². The van der Waals surface area contributed by atoms with Crippen LogP contribution >= 0.6 is 24.0 Å². The molecule has 7 nitrogen and oxygen atoms in total. The zero-order valence-corrected chi connectivity index (χ0v) is 21.6. The summed E-state index contributed by atoms with van der Waals surface area (Å²) in [5, 5.41) is 15.8. The van der Waals surface area contributed by atoms with Crippen molar-refractivity contribution in [3.05, 3.63) is 47.5 Å². The fourth-order valence-electron chi connectivity index (χ4n) is 4.69. The van der Waals surface area contributed by atoms with Crippen LogP contribution in [0, 0.1) is 0 Å². The highest BCUT2D eigenvalue weighted by Gasteiger charge is 2.24. The molecule has 0 spiro atoms. The first kappa shape index (κ1) is 25.0. The lowest BCUT2D eigenvalue weighted by atomic mass is 10.2. The number of aryl methyl sites for hydroxylation is 1. The molecule has 0 aliphatic carbocycles. The Balaban J connectivity index is 0.00000289. The lowest BCUT2D eigenvalue weighted by molar-refractivity contribution is 0.250. The average Bonchev–Trinajstić information content (AvgIpc) is 3.31. The first-order chi connectivity index (χ1) is 15.3. The van der Waals surface area contributed by atoms with Gasteiger partial charge in [-0.3, -0.25) is 9.89 Å². The maximum atomic E-state index is 4.92. The number of hydrogen-bond acceptors (Lipinski definition) is 4. The van der Waals surface area contributed by atoms with Gasteiger partial charge in [-0.2, -0.15) is 0 Å². The van der Waals surface area contributed by atoms with Gasteiger partial charge in [-0.15, -0.1) is 34.2 Å². The Labute approximate surface area is 209 Å². The summed E-state index contributed by atoms with van der Waals surface area (Å²) >= 11 is 0. The molecule has 2 aliphatic rings. The van der Waals surface area contributed by atoms with Crippen LogP contribution in [0.15, 0.2) is 35.3 Å². The van der Waals surface area contributed by atoms with Crippen molar-refractivity contribution in [2.24, 2.45) is 4.99 Å². The molecule has 0 bridgehead atoms. The zero-order valence-electron chi connectivity index (χ0n) is 19.3. The van der Waals surface area contributed by atoms with Crippen molar-refractivity contribution >= 4 is 29.9 Å². The number of halogens is 1. The Morgan fingerprint density at radius 1 is 1.06 bits per heavy atom. The number of benzene rings is 1. The highest BCUT2D eigenvalue weighted by molar-refractivity contribution is 14.0. The van der Waals surface area contributed by atoms with Crippen LogP contribution in [0.25, 0.3) is 0 Å².